The number of ether oxygens (including phenoxy) is 2. The second-order valence-corrected chi connectivity index (χ2v) is 8.54. The van der Waals surface area contributed by atoms with Crippen LogP contribution in [-0.4, -0.2) is 29.2 Å². The van der Waals surface area contributed by atoms with Crippen molar-refractivity contribution in [3.05, 3.63) is 95.2 Å². The average molecular weight is 495 g/mol. The Balaban J connectivity index is 1.85. The smallest absolute Gasteiger partial charge is 0.338 e. The first-order chi connectivity index (χ1) is 16.8. The highest BCUT2D eigenvalue weighted by molar-refractivity contribution is 7.07. The van der Waals surface area contributed by atoms with E-state index >= 15 is 0 Å². The lowest BCUT2D eigenvalue weighted by atomic mass is 9.95. The quantitative estimate of drug-likeness (QED) is 0.304. The molecule has 0 unspecified atom stereocenters. The monoisotopic (exact) mass is 494 g/mol. The number of anilines is 1. The number of methoxy groups -OCH3 is 1. The minimum Gasteiger partial charge on any atom is -0.497 e. The van der Waals surface area contributed by atoms with Crippen molar-refractivity contribution in [3.8, 4) is 5.75 Å². The van der Waals surface area contributed by atoms with Crippen molar-refractivity contribution in [1.29, 1.82) is 0 Å². The summed E-state index contributed by atoms with van der Waals surface area (Å²) in [5.41, 5.74) is 1.41. The fourth-order valence-corrected chi connectivity index (χ4v) is 4.75. The number of nitrogens with zero attached hydrogens (tertiary/aromatic N) is 3. The predicted octanol–water partition coefficient (Wildman–Crippen LogP) is 2.74. The molecule has 180 valence electrons. The van der Waals surface area contributed by atoms with E-state index in [2.05, 4.69) is 10.3 Å². The summed E-state index contributed by atoms with van der Waals surface area (Å²) >= 11 is 1.15. The summed E-state index contributed by atoms with van der Waals surface area (Å²) in [4.78, 5) is 41.9. The molecule has 0 bridgehead atoms. The third kappa shape index (κ3) is 4.71. The summed E-state index contributed by atoms with van der Waals surface area (Å²) in [6.45, 7) is 3.60. The Hall–Kier alpha value is -4.25. The van der Waals surface area contributed by atoms with Crippen LogP contribution in [0.25, 0.3) is 6.20 Å². The number of benzene rings is 2. The number of non-ortho nitro benzene ring substituents is 1. The van der Waals surface area contributed by atoms with E-state index in [0.29, 0.717) is 32.0 Å². The lowest BCUT2D eigenvalue weighted by molar-refractivity contribution is -0.384. The number of nitro benzene ring substituents is 1. The van der Waals surface area contributed by atoms with E-state index in [-0.39, 0.29) is 23.4 Å². The number of thiazole rings is 1. The normalized spacial score (nSPS) is 15.3. The van der Waals surface area contributed by atoms with Crippen molar-refractivity contribution in [2.24, 2.45) is 4.99 Å². The maximum absolute atomic E-state index is 13.5. The highest BCUT2D eigenvalue weighted by Crippen LogP contribution is 2.32. The summed E-state index contributed by atoms with van der Waals surface area (Å²) in [6, 6.07) is 12.3. The van der Waals surface area contributed by atoms with Crippen LogP contribution in [0.3, 0.4) is 0 Å². The number of hydrogen-bond acceptors (Lipinski definition) is 9. The van der Waals surface area contributed by atoms with E-state index < -0.39 is 16.9 Å². The second kappa shape index (κ2) is 9.94. The molecule has 11 heteroatoms. The van der Waals surface area contributed by atoms with Gasteiger partial charge in [-0.1, -0.05) is 29.5 Å². The van der Waals surface area contributed by atoms with Crippen LogP contribution in [0.5, 0.6) is 5.75 Å². The van der Waals surface area contributed by atoms with Crippen molar-refractivity contribution in [2.75, 3.05) is 19.0 Å². The zero-order chi connectivity index (χ0) is 25.1. The molecule has 4 rings (SSSR count). The number of nitrogens with one attached hydrogen (secondary N) is 1. The number of rotatable bonds is 7. The first kappa shape index (κ1) is 23.9. The van der Waals surface area contributed by atoms with Crippen LogP contribution in [-0.2, 0) is 9.53 Å². The first-order valence-corrected chi connectivity index (χ1v) is 11.5. The molecular weight excluding hydrogens is 472 g/mol. The lowest BCUT2D eigenvalue weighted by Crippen LogP contribution is -2.40. The molecule has 2 heterocycles. The van der Waals surface area contributed by atoms with Crippen LogP contribution in [0.2, 0.25) is 0 Å². The van der Waals surface area contributed by atoms with Crippen molar-refractivity contribution in [2.45, 2.75) is 19.9 Å². The van der Waals surface area contributed by atoms with Crippen LogP contribution in [0.15, 0.2) is 69.6 Å². The van der Waals surface area contributed by atoms with Crippen LogP contribution in [0.1, 0.15) is 25.5 Å². The highest BCUT2D eigenvalue weighted by atomic mass is 32.1. The van der Waals surface area contributed by atoms with Gasteiger partial charge in [-0.3, -0.25) is 19.5 Å². The molecule has 0 amide bonds. The zero-order valence-corrected chi connectivity index (χ0v) is 20.0. The number of aromatic nitrogens is 1. The average Bonchev–Trinajstić information content (AvgIpc) is 3.16. The second-order valence-electron chi connectivity index (χ2n) is 7.53. The minimum absolute atomic E-state index is 0.0717. The Labute approximate surface area is 203 Å². The molecule has 0 spiro atoms. The molecule has 3 aromatic rings. The minimum atomic E-state index is -0.764. The maximum Gasteiger partial charge on any atom is 0.338 e. The molecule has 1 N–H and O–H groups in total. The predicted molar refractivity (Wildman–Crippen MR) is 131 cm³/mol. The molecule has 1 atom stereocenters. The Kier molecular flexibility index (Phi) is 6.78. The fourth-order valence-electron chi connectivity index (χ4n) is 3.78. The molecule has 0 aliphatic carbocycles. The van der Waals surface area contributed by atoms with Gasteiger partial charge in [-0.25, -0.2) is 9.79 Å². The first-order valence-electron chi connectivity index (χ1n) is 10.7. The van der Waals surface area contributed by atoms with Gasteiger partial charge in [-0.15, -0.1) is 0 Å². The van der Waals surface area contributed by atoms with E-state index in [4.69, 9.17) is 9.47 Å². The number of allylic oxidation sites excluding steroid dienone is 1. The highest BCUT2D eigenvalue weighted by Gasteiger charge is 2.33. The van der Waals surface area contributed by atoms with Gasteiger partial charge in [0.15, 0.2) is 4.80 Å². The Bertz CT molecular complexity index is 1520. The van der Waals surface area contributed by atoms with Crippen LogP contribution in [0.4, 0.5) is 11.4 Å². The van der Waals surface area contributed by atoms with Gasteiger partial charge in [0.25, 0.3) is 11.2 Å². The van der Waals surface area contributed by atoms with Gasteiger partial charge in [0.1, 0.15) is 10.3 Å². The van der Waals surface area contributed by atoms with Gasteiger partial charge in [-0.2, -0.15) is 0 Å². The fraction of sp³-hybridized carbons (Fsp3) is 0.208. The van der Waals surface area contributed by atoms with E-state index in [1.165, 1.54) is 30.0 Å². The summed E-state index contributed by atoms with van der Waals surface area (Å²) < 4.78 is 12.4. The SMILES string of the molecule is CCOC(=O)C1=C(C)N=c2s/c(=C\Nc3cccc([N+](=O)[O-])c3)c(=O)n2[C@@H]1c1cccc(OC)c1. The molecule has 10 nitrogen and oxygen atoms in total. The summed E-state index contributed by atoms with van der Waals surface area (Å²) in [7, 11) is 1.54. The standard InChI is InChI=1S/C24H22N4O6S/c1-4-34-23(30)20-14(2)26-24-27(21(20)15-7-5-10-18(11-15)33-3)22(29)19(35-24)13-25-16-8-6-9-17(12-16)28(31)32/h5-13,21,25H,4H2,1-3H3/b19-13-/t21-/m1/s1. The summed E-state index contributed by atoms with van der Waals surface area (Å²) in [5, 5.41) is 14.0. The third-order valence-electron chi connectivity index (χ3n) is 5.35. The molecular formula is C24H22N4O6S. The number of carbonyl (C=O) groups excluding carboxylic acids is 1. The topological polar surface area (TPSA) is 125 Å². The van der Waals surface area contributed by atoms with Gasteiger partial charge >= 0.3 is 5.97 Å². The van der Waals surface area contributed by atoms with Crippen molar-refractivity contribution in [1.82, 2.24) is 4.57 Å². The van der Waals surface area contributed by atoms with Gasteiger partial charge < -0.3 is 14.8 Å². The van der Waals surface area contributed by atoms with Crippen LogP contribution >= 0.6 is 11.3 Å². The van der Waals surface area contributed by atoms with Gasteiger partial charge in [0, 0.05) is 24.0 Å². The van der Waals surface area contributed by atoms with Crippen LogP contribution in [0, 0.1) is 10.1 Å². The van der Waals surface area contributed by atoms with E-state index in [9.17, 15) is 19.7 Å². The molecule has 2 aromatic carbocycles. The molecule has 0 fully saturated rings. The number of hydrogen-bond donors (Lipinski definition) is 1. The number of esters is 1. The molecule has 0 saturated heterocycles. The van der Waals surface area contributed by atoms with Gasteiger partial charge in [0.2, 0.25) is 0 Å². The van der Waals surface area contributed by atoms with E-state index in [0.717, 1.165) is 11.3 Å². The molecule has 0 radical (unpaired) electrons. The summed E-state index contributed by atoms with van der Waals surface area (Å²) in [5.74, 6) is 0.0281. The molecule has 1 aromatic heterocycles. The van der Waals surface area contributed by atoms with Gasteiger partial charge in [-0.05, 0) is 37.6 Å². The van der Waals surface area contributed by atoms with E-state index in [1.807, 2.05) is 6.07 Å². The zero-order valence-electron chi connectivity index (χ0n) is 19.2. The Morgan fingerprint density at radius 2 is 2.06 bits per heavy atom. The molecule has 35 heavy (non-hydrogen) atoms. The largest absolute Gasteiger partial charge is 0.497 e. The van der Waals surface area contributed by atoms with Crippen molar-refractivity contribution < 1.29 is 19.2 Å². The molecule has 1 aliphatic rings. The Morgan fingerprint density at radius 1 is 1.29 bits per heavy atom. The number of carbonyl (C=O) groups is 1. The van der Waals surface area contributed by atoms with Crippen LogP contribution < -0.4 is 24.9 Å². The lowest BCUT2D eigenvalue weighted by Gasteiger charge is -2.24. The van der Waals surface area contributed by atoms with Crippen molar-refractivity contribution in [3.63, 3.8) is 0 Å². The third-order valence-corrected chi connectivity index (χ3v) is 6.34. The maximum atomic E-state index is 13.5. The van der Waals surface area contributed by atoms with Gasteiger partial charge in [0.05, 0.1) is 36.0 Å². The molecule has 0 saturated carbocycles. The van der Waals surface area contributed by atoms with E-state index in [1.54, 1.807) is 44.2 Å². The summed E-state index contributed by atoms with van der Waals surface area (Å²) in [6.07, 6.45) is 1.48. The van der Waals surface area contributed by atoms with Crippen molar-refractivity contribution >= 4 is 34.9 Å². The molecule has 1 aliphatic heterocycles. The number of nitro groups is 1. The Morgan fingerprint density at radius 3 is 2.77 bits per heavy atom. The number of fused-ring (bicyclic) bond motifs is 1.